The van der Waals surface area contributed by atoms with Crippen LogP contribution >= 0.6 is 0 Å². The summed E-state index contributed by atoms with van der Waals surface area (Å²) < 4.78 is 0. The number of carbonyl (C=O) groups is 2. The molecule has 0 unspecified atom stereocenters. The Morgan fingerprint density at radius 2 is 1.93 bits per heavy atom. The van der Waals surface area contributed by atoms with Crippen LogP contribution in [-0.4, -0.2) is 23.3 Å². The van der Waals surface area contributed by atoms with Crippen molar-refractivity contribution in [2.45, 2.75) is 45.1 Å². The van der Waals surface area contributed by atoms with Gasteiger partial charge in [0, 0.05) is 11.6 Å². The largest absolute Gasteiger partial charge is 0.278 e. The van der Waals surface area contributed by atoms with Crippen molar-refractivity contribution in [1.82, 2.24) is 4.90 Å². The van der Waals surface area contributed by atoms with Crippen LogP contribution in [0.25, 0.3) is 0 Å². The molecule has 0 atom stereocenters. The van der Waals surface area contributed by atoms with Gasteiger partial charge in [0.25, 0.3) is 5.91 Å². The summed E-state index contributed by atoms with van der Waals surface area (Å²) in [7, 11) is 0. The van der Waals surface area contributed by atoms with E-state index >= 15 is 0 Å². The van der Waals surface area contributed by atoms with Crippen molar-refractivity contribution < 1.29 is 9.59 Å². The van der Waals surface area contributed by atoms with E-state index in [-0.39, 0.29) is 11.9 Å². The van der Waals surface area contributed by atoms with Gasteiger partial charge in [-0.1, -0.05) is 25.8 Å². The van der Waals surface area contributed by atoms with Crippen molar-refractivity contribution in [3.05, 3.63) is 12.2 Å². The second kappa shape index (κ2) is 4.94. The van der Waals surface area contributed by atoms with Gasteiger partial charge in [0.05, 0.1) is 0 Å². The fourth-order valence-corrected chi connectivity index (χ4v) is 1.88. The van der Waals surface area contributed by atoms with Gasteiger partial charge in [-0.25, -0.2) is 0 Å². The molecule has 3 nitrogen and oxygen atoms in total. The fraction of sp³-hybridized carbons (Fsp3) is 0.636. The van der Waals surface area contributed by atoms with E-state index in [2.05, 4.69) is 6.58 Å². The quantitative estimate of drug-likeness (QED) is 0.509. The predicted octanol–water partition coefficient (Wildman–Crippen LogP) is 1.88. The molecule has 0 aliphatic heterocycles. The Kier molecular flexibility index (Phi) is 3.86. The third-order valence-corrected chi connectivity index (χ3v) is 2.68. The van der Waals surface area contributed by atoms with Gasteiger partial charge in [-0.3, -0.25) is 14.5 Å². The van der Waals surface area contributed by atoms with Crippen molar-refractivity contribution >= 4 is 12.3 Å². The standard InChI is InChI=1S/C11H17NO2/c1-9(2)11(14)12(8-13)10-6-4-3-5-7-10/h8,10H,1,3-7H2,2H3. The second-order valence-electron chi connectivity index (χ2n) is 3.89. The maximum atomic E-state index is 11.6. The molecule has 0 spiro atoms. The van der Waals surface area contributed by atoms with E-state index in [1.807, 2.05) is 0 Å². The van der Waals surface area contributed by atoms with Crippen LogP contribution in [0.5, 0.6) is 0 Å². The molecule has 0 bridgehead atoms. The van der Waals surface area contributed by atoms with Gasteiger partial charge in [0.2, 0.25) is 6.41 Å². The Hall–Kier alpha value is -1.12. The lowest BCUT2D eigenvalue weighted by Gasteiger charge is -2.29. The molecule has 0 heterocycles. The SMILES string of the molecule is C=C(C)C(=O)N(C=O)C1CCCCC1. The number of carbonyl (C=O) groups excluding carboxylic acids is 2. The van der Waals surface area contributed by atoms with Crippen LogP contribution in [0.4, 0.5) is 0 Å². The van der Waals surface area contributed by atoms with E-state index < -0.39 is 0 Å². The highest BCUT2D eigenvalue weighted by Crippen LogP contribution is 2.22. The van der Waals surface area contributed by atoms with Gasteiger partial charge in [-0.15, -0.1) is 0 Å². The Bertz CT molecular complexity index is 242. The summed E-state index contributed by atoms with van der Waals surface area (Å²) in [6.45, 7) is 5.21. The lowest BCUT2D eigenvalue weighted by atomic mass is 9.94. The maximum absolute atomic E-state index is 11.6. The highest BCUT2D eigenvalue weighted by Gasteiger charge is 2.24. The van der Waals surface area contributed by atoms with E-state index in [9.17, 15) is 9.59 Å². The summed E-state index contributed by atoms with van der Waals surface area (Å²) in [5.74, 6) is -0.230. The van der Waals surface area contributed by atoms with Crippen molar-refractivity contribution in [2.75, 3.05) is 0 Å². The molecule has 1 aliphatic carbocycles. The van der Waals surface area contributed by atoms with Gasteiger partial charge in [-0.2, -0.15) is 0 Å². The third-order valence-electron chi connectivity index (χ3n) is 2.68. The van der Waals surface area contributed by atoms with E-state index in [1.165, 1.54) is 11.3 Å². The molecule has 0 aromatic carbocycles. The van der Waals surface area contributed by atoms with E-state index in [4.69, 9.17) is 0 Å². The smallest absolute Gasteiger partial charge is 0.255 e. The summed E-state index contributed by atoms with van der Waals surface area (Å²) in [6, 6.07) is 0.102. The van der Waals surface area contributed by atoms with Gasteiger partial charge in [0.1, 0.15) is 0 Å². The number of hydrogen-bond donors (Lipinski definition) is 0. The Labute approximate surface area is 84.8 Å². The number of imide groups is 1. The third kappa shape index (κ3) is 2.44. The summed E-state index contributed by atoms with van der Waals surface area (Å²) in [6.07, 6.45) is 5.96. The number of rotatable bonds is 3. The molecule has 0 aromatic heterocycles. The van der Waals surface area contributed by atoms with Gasteiger partial charge in [-0.05, 0) is 19.8 Å². The van der Waals surface area contributed by atoms with Gasteiger partial charge in [0.15, 0.2) is 0 Å². The minimum atomic E-state index is -0.230. The summed E-state index contributed by atoms with van der Waals surface area (Å²) >= 11 is 0. The van der Waals surface area contributed by atoms with Crippen molar-refractivity contribution in [2.24, 2.45) is 0 Å². The first-order chi connectivity index (χ1) is 6.66. The molecule has 3 heteroatoms. The van der Waals surface area contributed by atoms with Crippen LogP contribution in [0.3, 0.4) is 0 Å². The average Bonchev–Trinajstić information content (AvgIpc) is 2.20. The number of nitrogens with zero attached hydrogens (tertiary/aromatic N) is 1. The highest BCUT2D eigenvalue weighted by molar-refractivity contribution is 5.98. The highest BCUT2D eigenvalue weighted by atomic mass is 16.2. The fourth-order valence-electron chi connectivity index (χ4n) is 1.88. The van der Waals surface area contributed by atoms with Crippen LogP contribution in [0.1, 0.15) is 39.0 Å². The molecule has 1 fully saturated rings. The van der Waals surface area contributed by atoms with Crippen molar-refractivity contribution in [1.29, 1.82) is 0 Å². The molecule has 78 valence electrons. The van der Waals surface area contributed by atoms with Gasteiger partial charge < -0.3 is 0 Å². The Morgan fingerprint density at radius 3 is 2.36 bits per heavy atom. The molecule has 2 amide bonds. The zero-order valence-corrected chi connectivity index (χ0v) is 8.66. The molecule has 14 heavy (non-hydrogen) atoms. The zero-order chi connectivity index (χ0) is 10.6. The first-order valence-electron chi connectivity index (χ1n) is 5.10. The minimum absolute atomic E-state index is 0.102. The van der Waals surface area contributed by atoms with E-state index in [1.54, 1.807) is 6.92 Å². The summed E-state index contributed by atoms with van der Waals surface area (Å²) in [5, 5.41) is 0. The predicted molar refractivity (Wildman–Crippen MR) is 54.6 cm³/mol. The summed E-state index contributed by atoms with van der Waals surface area (Å²) in [4.78, 5) is 23.7. The van der Waals surface area contributed by atoms with Crippen molar-refractivity contribution in [3.8, 4) is 0 Å². The van der Waals surface area contributed by atoms with Crippen LogP contribution in [0, 0.1) is 0 Å². The van der Waals surface area contributed by atoms with Crippen LogP contribution < -0.4 is 0 Å². The Morgan fingerprint density at radius 1 is 1.36 bits per heavy atom. The molecular formula is C11H17NO2. The minimum Gasteiger partial charge on any atom is -0.278 e. The van der Waals surface area contributed by atoms with Gasteiger partial charge >= 0.3 is 0 Å². The molecule has 0 aromatic rings. The molecule has 0 radical (unpaired) electrons. The average molecular weight is 195 g/mol. The second-order valence-corrected chi connectivity index (χ2v) is 3.89. The van der Waals surface area contributed by atoms with Crippen LogP contribution in [0.2, 0.25) is 0 Å². The normalized spacial score (nSPS) is 17.5. The first-order valence-corrected chi connectivity index (χ1v) is 5.10. The lowest BCUT2D eigenvalue weighted by Crippen LogP contribution is -2.40. The van der Waals surface area contributed by atoms with Crippen molar-refractivity contribution in [3.63, 3.8) is 0 Å². The lowest BCUT2D eigenvalue weighted by molar-refractivity contribution is -0.138. The van der Waals surface area contributed by atoms with Crippen LogP contribution in [-0.2, 0) is 9.59 Å². The first kappa shape index (κ1) is 11.0. The molecule has 1 rings (SSSR count). The topological polar surface area (TPSA) is 37.4 Å². The van der Waals surface area contributed by atoms with E-state index in [0.717, 1.165) is 25.7 Å². The monoisotopic (exact) mass is 195 g/mol. The maximum Gasteiger partial charge on any atom is 0.255 e. The molecule has 0 saturated heterocycles. The molecule has 0 N–H and O–H groups in total. The summed E-state index contributed by atoms with van der Waals surface area (Å²) in [5.41, 5.74) is 0.433. The Balaban J connectivity index is 2.64. The number of amides is 2. The van der Waals surface area contributed by atoms with Crippen LogP contribution in [0.15, 0.2) is 12.2 Å². The van der Waals surface area contributed by atoms with E-state index in [0.29, 0.717) is 12.0 Å². The molecular weight excluding hydrogens is 178 g/mol. The molecule has 1 aliphatic rings. The number of hydrogen-bond acceptors (Lipinski definition) is 2. The zero-order valence-electron chi connectivity index (χ0n) is 8.66. The molecule has 1 saturated carbocycles.